The summed E-state index contributed by atoms with van der Waals surface area (Å²) in [6.07, 6.45) is 1.54. The average molecular weight is 417 g/mol. The number of anilines is 1. The summed E-state index contributed by atoms with van der Waals surface area (Å²) >= 11 is 11.9. The Morgan fingerprint density at radius 1 is 1.07 bits per heavy atom. The molecule has 6 nitrogen and oxygen atoms in total. The first-order valence-corrected chi connectivity index (χ1v) is 9.75. The number of benzene rings is 2. The highest BCUT2D eigenvalue weighted by molar-refractivity contribution is 6.31. The van der Waals surface area contributed by atoms with Gasteiger partial charge < -0.3 is 14.7 Å². The predicted octanol–water partition coefficient (Wildman–Crippen LogP) is 5.45. The van der Waals surface area contributed by atoms with Crippen LogP contribution in [0.3, 0.4) is 0 Å². The molecule has 28 heavy (non-hydrogen) atoms. The van der Waals surface area contributed by atoms with Crippen LogP contribution in [0.4, 0.5) is 10.5 Å². The molecule has 1 N–H and O–H groups in total. The van der Waals surface area contributed by atoms with Crippen molar-refractivity contribution in [3.05, 3.63) is 64.5 Å². The number of rotatable bonds is 3. The van der Waals surface area contributed by atoms with Crippen LogP contribution >= 0.6 is 23.2 Å². The van der Waals surface area contributed by atoms with Crippen LogP contribution in [0.25, 0.3) is 11.4 Å². The summed E-state index contributed by atoms with van der Waals surface area (Å²) in [7, 11) is 0. The Morgan fingerprint density at radius 3 is 2.54 bits per heavy atom. The Hall–Kier alpha value is -2.57. The molecule has 0 aliphatic carbocycles. The molecular weight excluding hydrogens is 399 g/mol. The standard InChI is InChI=1S/C20H18Cl2N4O2/c21-15-6-4-13(5-7-15)18-24-19(28-25-18)14-8-10-26(11-9-14)20(27)23-17-3-1-2-16(22)12-17/h1-7,12,14H,8-11H2,(H,23,27). The largest absolute Gasteiger partial charge is 0.339 e. The Bertz CT molecular complexity index is 966. The molecule has 144 valence electrons. The molecule has 2 heterocycles. The number of likely N-dealkylation sites (tertiary alicyclic amines) is 1. The topological polar surface area (TPSA) is 71.3 Å². The minimum absolute atomic E-state index is 0.131. The highest BCUT2D eigenvalue weighted by atomic mass is 35.5. The normalized spacial score (nSPS) is 14.9. The van der Waals surface area contributed by atoms with Crippen molar-refractivity contribution in [1.82, 2.24) is 15.0 Å². The summed E-state index contributed by atoms with van der Waals surface area (Å²) in [6.45, 7) is 1.24. The second-order valence-electron chi connectivity index (χ2n) is 6.66. The van der Waals surface area contributed by atoms with Gasteiger partial charge in [0, 0.05) is 40.3 Å². The average Bonchev–Trinajstić information content (AvgIpc) is 3.19. The van der Waals surface area contributed by atoms with Gasteiger partial charge in [0.05, 0.1) is 0 Å². The number of urea groups is 1. The van der Waals surface area contributed by atoms with Gasteiger partial charge in [0.25, 0.3) is 0 Å². The van der Waals surface area contributed by atoms with Crippen molar-refractivity contribution in [2.24, 2.45) is 0 Å². The highest BCUT2D eigenvalue weighted by Crippen LogP contribution is 2.29. The van der Waals surface area contributed by atoms with E-state index < -0.39 is 0 Å². The van der Waals surface area contributed by atoms with Gasteiger partial charge in [-0.2, -0.15) is 4.98 Å². The third-order valence-electron chi connectivity index (χ3n) is 4.75. The number of piperidine rings is 1. The van der Waals surface area contributed by atoms with Gasteiger partial charge in [-0.25, -0.2) is 4.79 Å². The van der Waals surface area contributed by atoms with Crippen molar-refractivity contribution in [1.29, 1.82) is 0 Å². The van der Waals surface area contributed by atoms with Gasteiger partial charge >= 0.3 is 6.03 Å². The zero-order valence-electron chi connectivity index (χ0n) is 14.9. The maximum absolute atomic E-state index is 12.4. The van der Waals surface area contributed by atoms with E-state index in [0.717, 1.165) is 18.4 Å². The first-order chi connectivity index (χ1) is 13.6. The molecule has 0 unspecified atom stereocenters. The van der Waals surface area contributed by atoms with E-state index in [0.29, 0.717) is 40.5 Å². The van der Waals surface area contributed by atoms with Crippen molar-refractivity contribution >= 4 is 34.9 Å². The second-order valence-corrected chi connectivity index (χ2v) is 7.54. The summed E-state index contributed by atoms with van der Waals surface area (Å²) in [6, 6.07) is 14.3. The number of amides is 2. The van der Waals surface area contributed by atoms with Crippen molar-refractivity contribution in [2.75, 3.05) is 18.4 Å². The van der Waals surface area contributed by atoms with E-state index in [9.17, 15) is 4.79 Å². The molecule has 1 aliphatic rings. The van der Waals surface area contributed by atoms with Crippen molar-refractivity contribution in [2.45, 2.75) is 18.8 Å². The number of nitrogens with one attached hydrogen (secondary N) is 1. The van der Waals surface area contributed by atoms with Crippen LogP contribution in [-0.4, -0.2) is 34.2 Å². The fourth-order valence-corrected chi connectivity index (χ4v) is 3.53. The van der Waals surface area contributed by atoms with Crippen molar-refractivity contribution < 1.29 is 9.32 Å². The van der Waals surface area contributed by atoms with Gasteiger partial charge in [-0.05, 0) is 55.3 Å². The van der Waals surface area contributed by atoms with Crippen molar-refractivity contribution in [3.8, 4) is 11.4 Å². The molecule has 1 fully saturated rings. The van der Waals surface area contributed by atoms with Crippen molar-refractivity contribution in [3.63, 3.8) is 0 Å². The monoisotopic (exact) mass is 416 g/mol. The fraction of sp³-hybridized carbons (Fsp3) is 0.250. The first kappa shape index (κ1) is 18.8. The lowest BCUT2D eigenvalue weighted by Gasteiger charge is -2.30. The molecule has 0 bridgehead atoms. The number of nitrogens with zero attached hydrogens (tertiary/aromatic N) is 3. The predicted molar refractivity (Wildman–Crippen MR) is 109 cm³/mol. The number of hydrogen-bond acceptors (Lipinski definition) is 4. The maximum Gasteiger partial charge on any atom is 0.321 e. The second kappa shape index (κ2) is 8.20. The van der Waals surface area contributed by atoms with Crippen LogP contribution in [0.1, 0.15) is 24.7 Å². The molecule has 3 aromatic rings. The number of aromatic nitrogens is 2. The number of halogens is 2. The smallest absolute Gasteiger partial charge is 0.321 e. The molecule has 1 aliphatic heterocycles. The molecule has 0 radical (unpaired) electrons. The van der Waals surface area contributed by atoms with Crippen LogP contribution in [0.5, 0.6) is 0 Å². The molecule has 8 heteroatoms. The Labute approximate surface area is 172 Å². The van der Waals surface area contributed by atoms with Gasteiger partial charge in [0.1, 0.15) is 0 Å². The Balaban J connectivity index is 1.35. The van der Waals surface area contributed by atoms with Gasteiger partial charge in [0.15, 0.2) is 0 Å². The van der Waals surface area contributed by atoms with E-state index in [1.807, 2.05) is 18.2 Å². The van der Waals surface area contributed by atoms with E-state index in [-0.39, 0.29) is 11.9 Å². The minimum atomic E-state index is -0.131. The van der Waals surface area contributed by atoms with E-state index in [4.69, 9.17) is 27.7 Å². The lowest BCUT2D eigenvalue weighted by Crippen LogP contribution is -2.40. The molecule has 2 aromatic carbocycles. The number of carbonyl (C=O) groups is 1. The zero-order valence-corrected chi connectivity index (χ0v) is 16.5. The number of hydrogen-bond donors (Lipinski definition) is 1. The van der Waals surface area contributed by atoms with E-state index >= 15 is 0 Å². The summed E-state index contributed by atoms with van der Waals surface area (Å²) < 4.78 is 5.47. The highest BCUT2D eigenvalue weighted by Gasteiger charge is 2.27. The quantitative estimate of drug-likeness (QED) is 0.615. The molecular formula is C20H18Cl2N4O2. The Morgan fingerprint density at radius 2 is 1.82 bits per heavy atom. The van der Waals surface area contributed by atoms with Gasteiger partial charge in [-0.3, -0.25) is 0 Å². The van der Waals surface area contributed by atoms with E-state index in [2.05, 4.69) is 15.5 Å². The third-order valence-corrected chi connectivity index (χ3v) is 5.24. The van der Waals surface area contributed by atoms with Crippen LogP contribution in [0, 0.1) is 0 Å². The van der Waals surface area contributed by atoms with Crippen LogP contribution in [0.15, 0.2) is 53.1 Å². The molecule has 2 amide bonds. The summed E-state index contributed by atoms with van der Waals surface area (Å²) in [5.41, 5.74) is 1.54. The van der Waals surface area contributed by atoms with E-state index in [1.54, 1.807) is 35.2 Å². The fourth-order valence-electron chi connectivity index (χ4n) is 3.22. The summed E-state index contributed by atoms with van der Waals surface area (Å²) in [5.74, 6) is 1.30. The first-order valence-electron chi connectivity index (χ1n) is 8.99. The minimum Gasteiger partial charge on any atom is -0.339 e. The molecule has 0 spiro atoms. The number of carbonyl (C=O) groups excluding carboxylic acids is 1. The van der Waals surface area contributed by atoms with E-state index in [1.165, 1.54) is 0 Å². The summed E-state index contributed by atoms with van der Waals surface area (Å²) in [4.78, 5) is 18.8. The third kappa shape index (κ3) is 4.29. The Kier molecular flexibility index (Phi) is 5.50. The SMILES string of the molecule is O=C(Nc1cccc(Cl)c1)N1CCC(c2nc(-c3ccc(Cl)cc3)no2)CC1. The van der Waals surface area contributed by atoms with Crippen LogP contribution < -0.4 is 5.32 Å². The lowest BCUT2D eigenvalue weighted by atomic mass is 9.97. The molecule has 4 rings (SSSR count). The molecule has 0 saturated carbocycles. The van der Waals surface area contributed by atoms with Crippen LogP contribution in [-0.2, 0) is 0 Å². The van der Waals surface area contributed by atoms with Gasteiger partial charge in [-0.1, -0.05) is 34.4 Å². The molecule has 0 atom stereocenters. The zero-order chi connectivity index (χ0) is 19.5. The maximum atomic E-state index is 12.4. The lowest BCUT2D eigenvalue weighted by molar-refractivity contribution is 0.187. The van der Waals surface area contributed by atoms with Gasteiger partial charge in [0.2, 0.25) is 11.7 Å². The van der Waals surface area contributed by atoms with Crippen LogP contribution in [0.2, 0.25) is 10.0 Å². The molecule has 1 aromatic heterocycles. The van der Waals surface area contributed by atoms with Gasteiger partial charge in [-0.15, -0.1) is 0 Å². The molecule has 1 saturated heterocycles. The summed E-state index contributed by atoms with van der Waals surface area (Å²) in [5, 5.41) is 8.20.